The summed E-state index contributed by atoms with van der Waals surface area (Å²) in [5.74, 6) is 7.92. The van der Waals surface area contributed by atoms with E-state index in [0.717, 1.165) is 17.0 Å². The maximum atomic E-state index is 12.3. The van der Waals surface area contributed by atoms with Gasteiger partial charge >= 0.3 is 0 Å². The average Bonchev–Trinajstić information content (AvgIpc) is 3.44. The summed E-state index contributed by atoms with van der Waals surface area (Å²) in [4.78, 5) is 12.3. The number of nitrogens with two attached hydrogens (primary N) is 1. The summed E-state index contributed by atoms with van der Waals surface area (Å²) in [7, 11) is 3.19. The third kappa shape index (κ3) is 4.67. The number of ether oxygens (including phenoxy) is 2. The second-order valence-electron chi connectivity index (χ2n) is 6.64. The Morgan fingerprint density at radius 2 is 1.88 bits per heavy atom. The van der Waals surface area contributed by atoms with Crippen molar-refractivity contribution in [2.75, 3.05) is 31.1 Å². The molecule has 32 heavy (non-hydrogen) atoms. The van der Waals surface area contributed by atoms with Crippen molar-refractivity contribution in [3.8, 4) is 34.3 Å². The lowest BCUT2D eigenvalue weighted by Gasteiger charge is -2.06. The van der Waals surface area contributed by atoms with Crippen LogP contribution in [0.25, 0.3) is 22.8 Å². The van der Waals surface area contributed by atoms with Crippen LogP contribution in [0.4, 0.5) is 5.69 Å². The minimum atomic E-state index is -0.198. The van der Waals surface area contributed by atoms with E-state index in [1.54, 1.807) is 38.5 Å². The molecular weight excluding hydrogens is 430 g/mol. The van der Waals surface area contributed by atoms with E-state index in [4.69, 9.17) is 15.3 Å². The van der Waals surface area contributed by atoms with E-state index in [1.807, 2.05) is 30.3 Å². The normalized spacial score (nSPS) is 10.7. The summed E-state index contributed by atoms with van der Waals surface area (Å²) in [5, 5.41) is 18.7. The standard InChI is InChI=1S/C21H21N7O3S/c1-30-15-8-6-13(7-9-15)17-11-18(25-24-17)20-26-27-21(28(20)22)32-12-19(29)23-14-4-3-5-16(10-14)31-2/h3-11H,12,22H2,1-2H3,(H,23,29)(H,24,25). The van der Waals surface area contributed by atoms with Crippen LogP contribution in [0.2, 0.25) is 0 Å². The predicted octanol–water partition coefficient (Wildman–Crippen LogP) is 2.80. The van der Waals surface area contributed by atoms with Crippen LogP contribution in [0.5, 0.6) is 11.5 Å². The third-order valence-corrected chi connectivity index (χ3v) is 5.50. The van der Waals surface area contributed by atoms with E-state index in [0.29, 0.717) is 28.1 Å². The van der Waals surface area contributed by atoms with Crippen LogP contribution in [0.15, 0.2) is 59.8 Å². The number of methoxy groups -OCH3 is 2. The highest BCUT2D eigenvalue weighted by molar-refractivity contribution is 7.99. The second-order valence-corrected chi connectivity index (χ2v) is 7.58. The molecule has 0 aliphatic carbocycles. The number of rotatable bonds is 8. The lowest BCUT2D eigenvalue weighted by Crippen LogP contribution is -2.16. The number of H-pyrrole nitrogens is 1. The maximum Gasteiger partial charge on any atom is 0.234 e. The van der Waals surface area contributed by atoms with E-state index in [-0.39, 0.29) is 11.7 Å². The van der Waals surface area contributed by atoms with Crippen LogP contribution in [0, 0.1) is 0 Å². The van der Waals surface area contributed by atoms with Crippen LogP contribution in [-0.2, 0) is 4.79 Å². The number of nitrogens with zero attached hydrogens (tertiary/aromatic N) is 4. The fraction of sp³-hybridized carbons (Fsp3) is 0.143. The van der Waals surface area contributed by atoms with Crippen molar-refractivity contribution in [1.29, 1.82) is 0 Å². The number of hydrogen-bond acceptors (Lipinski definition) is 8. The van der Waals surface area contributed by atoms with Gasteiger partial charge in [0.25, 0.3) is 0 Å². The molecule has 4 rings (SSSR count). The van der Waals surface area contributed by atoms with Crippen molar-refractivity contribution < 1.29 is 14.3 Å². The van der Waals surface area contributed by atoms with E-state index >= 15 is 0 Å². The molecule has 0 fully saturated rings. The molecule has 0 bridgehead atoms. The topological polar surface area (TPSA) is 133 Å². The van der Waals surface area contributed by atoms with Gasteiger partial charge in [0.1, 0.15) is 17.2 Å². The van der Waals surface area contributed by atoms with Crippen molar-refractivity contribution in [2.45, 2.75) is 5.16 Å². The summed E-state index contributed by atoms with van der Waals surface area (Å²) in [6.07, 6.45) is 0. The number of carbonyl (C=O) groups excluding carboxylic acids is 1. The molecule has 2 aromatic carbocycles. The zero-order valence-electron chi connectivity index (χ0n) is 17.4. The summed E-state index contributed by atoms with van der Waals surface area (Å²) in [6, 6.07) is 16.5. The smallest absolute Gasteiger partial charge is 0.234 e. The largest absolute Gasteiger partial charge is 0.497 e. The van der Waals surface area contributed by atoms with Crippen LogP contribution in [0.1, 0.15) is 0 Å². The Balaban J connectivity index is 1.41. The van der Waals surface area contributed by atoms with Gasteiger partial charge in [0, 0.05) is 17.3 Å². The highest BCUT2D eigenvalue weighted by atomic mass is 32.2. The van der Waals surface area contributed by atoms with E-state index in [2.05, 4.69) is 25.7 Å². The molecule has 0 spiro atoms. The minimum absolute atomic E-state index is 0.118. The van der Waals surface area contributed by atoms with Gasteiger partial charge in [-0.25, -0.2) is 4.68 Å². The van der Waals surface area contributed by atoms with Crippen LogP contribution in [0.3, 0.4) is 0 Å². The van der Waals surface area contributed by atoms with Gasteiger partial charge in [-0.15, -0.1) is 10.2 Å². The number of hydrogen-bond donors (Lipinski definition) is 3. The molecule has 11 heteroatoms. The molecule has 0 saturated carbocycles. The van der Waals surface area contributed by atoms with Crippen molar-refractivity contribution in [3.63, 3.8) is 0 Å². The molecule has 2 aromatic heterocycles. The molecule has 1 amide bonds. The monoisotopic (exact) mass is 451 g/mol. The molecule has 0 unspecified atom stereocenters. The van der Waals surface area contributed by atoms with E-state index in [1.165, 1.54) is 16.4 Å². The zero-order chi connectivity index (χ0) is 22.5. The van der Waals surface area contributed by atoms with Gasteiger partial charge in [0.15, 0.2) is 0 Å². The fourth-order valence-electron chi connectivity index (χ4n) is 2.93. The third-order valence-electron chi connectivity index (χ3n) is 4.55. The van der Waals surface area contributed by atoms with Gasteiger partial charge in [-0.1, -0.05) is 17.8 Å². The van der Waals surface area contributed by atoms with Gasteiger partial charge in [-0.3, -0.25) is 9.89 Å². The first-order chi connectivity index (χ1) is 15.6. The lowest BCUT2D eigenvalue weighted by molar-refractivity contribution is -0.113. The van der Waals surface area contributed by atoms with Crippen molar-refractivity contribution >= 4 is 23.4 Å². The number of nitrogens with one attached hydrogen (secondary N) is 2. The number of carbonyl (C=O) groups is 1. The summed E-state index contributed by atoms with van der Waals surface area (Å²) in [5.41, 5.74) is 2.91. The molecule has 0 atom stereocenters. The Kier molecular flexibility index (Phi) is 6.26. The molecule has 0 saturated heterocycles. The predicted molar refractivity (Wildman–Crippen MR) is 122 cm³/mol. The Labute approximate surface area is 188 Å². The molecule has 0 aliphatic rings. The average molecular weight is 452 g/mol. The molecule has 0 aliphatic heterocycles. The van der Waals surface area contributed by atoms with Crippen molar-refractivity contribution in [2.24, 2.45) is 0 Å². The Morgan fingerprint density at radius 3 is 2.62 bits per heavy atom. The Hall–Kier alpha value is -3.99. The Morgan fingerprint density at radius 1 is 1.09 bits per heavy atom. The Bertz CT molecular complexity index is 1220. The quantitative estimate of drug-likeness (QED) is 0.275. The highest BCUT2D eigenvalue weighted by Crippen LogP contribution is 2.26. The first kappa shape index (κ1) is 21.2. The van der Waals surface area contributed by atoms with Gasteiger partial charge < -0.3 is 20.6 Å². The number of nitrogen functional groups attached to an aromatic ring is 1. The SMILES string of the molecule is COc1ccc(-c2cc(-c3nnc(SCC(=O)Nc4cccc(OC)c4)n3N)[nH]n2)cc1. The first-order valence-electron chi connectivity index (χ1n) is 9.55. The van der Waals surface area contributed by atoms with Crippen molar-refractivity contribution in [3.05, 3.63) is 54.6 Å². The second kappa shape index (κ2) is 9.43. The molecular formula is C21H21N7O3S. The summed E-state index contributed by atoms with van der Waals surface area (Å²) in [6.45, 7) is 0. The minimum Gasteiger partial charge on any atom is -0.497 e. The van der Waals surface area contributed by atoms with Gasteiger partial charge in [0.05, 0.1) is 25.7 Å². The number of thioether (sulfide) groups is 1. The number of aromatic amines is 1. The lowest BCUT2D eigenvalue weighted by atomic mass is 10.1. The summed E-state index contributed by atoms with van der Waals surface area (Å²) < 4.78 is 11.7. The van der Waals surface area contributed by atoms with Gasteiger partial charge in [-0.2, -0.15) is 5.10 Å². The van der Waals surface area contributed by atoms with Crippen LogP contribution >= 0.6 is 11.8 Å². The molecule has 164 valence electrons. The van der Waals surface area contributed by atoms with Crippen molar-refractivity contribution in [1.82, 2.24) is 25.1 Å². The van der Waals surface area contributed by atoms with Crippen LogP contribution < -0.4 is 20.6 Å². The molecule has 10 nitrogen and oxygen atoms in total. The number of anilines is 1. The fourth-order valence-corrected chi connectivity index (χ4v) is 3.59. The highest BCUT2D eigenvalue weighted by Gasteiger charge is 2.16. The molecule has 4 N–H and O–H groups in total. The zero-order valence-corrected chi connectivity index (χ0v) is 18.2. The molecule has 0 radical (unpaired) electrons. The molecule has 2 heterocycles. The number of amides is 1. The van der Waals surface area contributed by atoms with E-state index < -0.39 is 0 Å². The maximum absolute atomic E-state index is 12.3. The summed E-state index contributed by atoms with van der Waals surface area (Å²) >= 11 is 1.18. The molecule has 4 aromatic rings. The van der Waals surface area contributed by atoms with Gasteiger partial charge in [0.2, 0.25) is 16.9 Å². The van der Waals surface area contributed by atoms with E-state index in [9.17, 15) is 4.79 Å². The number of aromatic nitrogens is 5. The van der Waals surface area contributed by atoms with Crippen LogP contribution in [-0.4, -0.2) is 51.0 Å². The van der Waals surface area contributed by atoms with Gasteiger partial charge in [-0.05, 0) is 42.5 Å². The first-order valence-corrected chi connectivity index (χ1v) is 10.5. The number of benzene rings is 2.